The number of aromatic nitrogens is 2. The van der Waals surface area contributed by atoms with E-state index < -0.39 is 0 Å². The third-order valence-corrected chi connectivity index (χ3v) is 3.27. The average molecular weight is 262 g/mol. The molecule has 0 aliphatic heterocycles. The van der Waals surface area contributed by atoms with Gasteiger partial charge in [-0.25, -0.2) is 4.39 Å². The molecule has 0 aliphatic carbocycles. The number of nitrogens with one attached hydrogen (secondary N) is 1. The van der Waals surface area contributed by atoms with Crippen molar-refractivity contribution in [3.05, 3.63) is 53.1 Å². The minimum atomic E-state index is -0.208. The van der Waals surface area contributed by atoms with Gasteiger partial charge in [-0.3, -0.25) is 16.0 Å². The Balaban J connectivity index is 2.25. The Labute approximate surface area is 112 Å². The summed E-state index contributed by atoms with van der Waals surface area (Å²) in [5, 5.41) is 4.39. The molecular weight excluding hydrogens is 243 g/mol. The molecule has 0 saturated heterocycles. The molecule has 2 rings (SSSR count). The molecule has 1 unspecified atom stereocenters. The summed E-state index contributed by atoms with van der Waals surface area (Å²) in [5.74, 6) is 5.40. The topological polar surface area (TPSA) is 55.9 Å². The van der Waals surface area contributed by atoms with Crippen molar-refractivity contribution in [1.82, 2.24) is 15.2 Å². The lowest BCUT2D eigenvalue weighted by atomic mass is 10.0. The predicted octanol–water partition coefficient (Wildman–Crippen LogP) is 1.87. The second-order valence-corrected chi connectivity index (χ2v) is 4.55. The number of hydrazine groups is 1. The Morgan fingerprint density at radius 1 is 1.42 bits per heavy atom. The summed E-state index contributed by atoms with van der Waals surface area (Å²) in [6.07, 6.45) is 1.36. The lowest BCUT2D eigenvalue weighted by Gasteiger charge is -2.16. The first-order valence-corrected chi connectivity index (χ1v) is 6.38. The van der Waals surface area contributed by atoms with Crippen molar-refractivity contribution in [2.45, 2.75) is 25.8 Å². The summed E-state index contributed by atoms with van der Waals surface area (Å²) in [7, 11) is 1.88. The van der Waals surface area contributed by atoms with Gasteiger partial charge < -0.3 is 0 Å². The molecule has 1 aromatic carbocycles. The molecule has 2 aromatic rings. The summed E-state index contributed by atoms with van der Waals surface area (Å²) < 4.78 is 15.5. The fourth-order valence-corrected chi connectivity index (χ4v) is 2.18. The number of hydrogen-bond acceptors (Lipinski definition) is 3. The van der Waals surface area contributed by atoms with Crippen LogP contribution in [0.4, 0.5) is 4.39 Å². The standard InChI is InChI=1S/C14H19FN4/c1-3-11-9-14(19(2)18-11)13(17-16)8-10-6-4-5-7-12(10)15/h4-7,9,13,17H,3,8,16H2,1-2H3. The van der Waals surface area contributed by atoms with Crippen molar-refractivity contribution in [3.63, 3.8) is 0 Å². The molecule has 4 nitrogen and oxygen atoms in total. The summed E-state index contributed by atoms with van der Waals surface area (Å²) in [6, 6.07) is 8.59. The van der Waals surface area contributed by atoms with Gasteiger partial charge in [0.2, 0.25) is 0 Å². The van der Waals surface area contributed by atoms with Crippen LogP contribution in [0.15, 0.2) is 30.3 Å². The van der Waals surface area contributed by atoms with E-state index in [2.05, 4.69) is 10.5 Å². The van der Waals surface area contributed by atoms with E-state index in [-0.39, 0.29) is 11.9 Å². The van der Waals surface area contributed by atoms with E-state index in [9.17, 15) is 4.39 Å². The van der Waals surface area contributed by atoms with Crippen LogP contribution in [0.3, 0.4) is 0 Å². The van der Waals surface area contributed by atoms with E-state index in [1.165, 1.54) is 6.07 Å². The molecular formula is C14H19FN4. The van der Waals surface area contributed by atoms with Crippen LogP contribution in [0.1, 0.15) is 29.9 Å². The highest BCUT2D eigenvalue weighted by Crippen LogP contribution is 2.20. The number of aryl methyl sites for hydroxylation is 2. The Morgan fingerprint density at radius 3 is 2.74 bits per heavy atom. The third kappa shape index (κ3) is 3.00. The largest absolute Gasteiger partial charge is 0.271 e. The number of hydrogen-bond donors (Lipinski definition) is 2. The first-order chi connectivity index (χ1) is 9.15. The second kappa shape index (κ2) is 5.95. The average Bonchev–Trinajstić information content (AvgIpc) is 2.79. The summed E-state index contributed by atoms with van der Waals surface area (Å²) >= 11 is 0. The zero-order valence-electron chi connectivity index (χ0n) is 11.2. The van der Waals surface area contributed by atoms with Gasteiger partial charge in [0, 0.05) is 7.05 Å². The maximum Gasteiger partial charge on any atom is 0.126 e. The van der Waals surface area contributed by atoms with Crippen LogP contribution in [0, 0.1) is 5.82 Å². The van der Waals surface area contributed by atoms with Gasteiger partial charge in [-0.1, -0.05) is 25.1 Å². The van der Waals surface area contributed by atoms with E-state index in [0.717, 1.165) is 17.8 Å². The maximum absolute atomic E-state index is 13.7. The second-order valence-electron chi connectivity index (χ2n) is 4.55. The van der Waals surface area contributed by atoms with Crippen LogP contribution >= 0.6 is 0 Å². The fraction of sp³-hybridized carbons (Fsp3) is 0.357. The number of nitrogens with two attached hydrogens (primary N) is 1. The van der Waals surface area contributed by atoms with Crippen LogP contribution in [0.2, 0.25) is 0 Å². The molecule has 3 N–H and O–H groups in total. The molecule has 1 aromatic heterocycles. The van der Waals surface area contributed by atoms with Crippen LogP contribution < -0.4 is 11.3 Å². The monoisotopic (exact) mass is 262 g/mol. The molecule has 0 fully saturated rings. The normalized spacial score (nSPS) is 12.6. The van der Waals surface area contributed by atoms with Gasteiger partial charge >= 0.3 is 0 Å². The van der Waals surface area contributed by atoms with Gasteiger partial charge in [0.05, 0.1) is 17.4 Å². The quantitative estimate of drug-likeness (QED) is 0.639. The van der Waals surface area contributed by atoms with Crippen molar-refractivity contribution in [1.29, 1.82) is 0 Å². The molecule has 5 heteroatoms. The van der Waals surface area contributed by atoms with Crippen molar-refractivity contribution < 1.29 is 4.39 Å². The molecule has 0 aliphatic rings. The molecule has 1 atom stereocenters. The minimum Gasteiger partial charge on any atom is -0.271 e. The van der Waals surface area contributed by atoms with Gasteiger partial charge in [0.15, 0.2) is 0 Å². The predicted molar refractivity (Wildman–Crippen MR) is 72.8 cm³/mol. The van der Waals surface area contributed by atoms with Gasteiger partial charge in [-0.15, -0.1) is 0 Å². The minimum absolute atomic E-state index is 0.158. The summed E-state index contributed by atoms with van der Waals surface area (Å²) in [4.78, 5) is 0. The molecule has 0 spiro atoms. The van der Waals surface area contributed by atoms with Crippen LogP contribution in [0.5, 0.6) is 0 Å². The number of nitrogens with zero attached hydrogens (tertiary/aromatic N) is 2. The smallest absolute Gasteiger partial charge is 0.126 e. The number of rotatable bonds is 5. The summed E-state index contributed by atoms with van der Waals surface area (Å²) in [5.41, 5.74) is 5.35. The highest BCUT2D eigenvalue weighted by atomic mass is 19.1. The highest BCUT2D eigenvalue weighted by molar-refractivity contribution is 5.22. The fourth-order valence-electron chi connectivity index (χ4n) is 2.18. The van der Waals surface area contributed by atoms with E-state index in [1.54, 1.807) is 16.8 Å². The van der Waals surface area contributed by atoms with E-state index >= 15 is 0 Å². The molecule has 0 radical (unpaired) electrons. The van der Waals surface area contributed by atoms with Crippen molar-refractivity contribution in [3.8, 4) is 0 Å². The number of halogens is 1. The maximum atomic E-state index is 13.7. The molecule has 102 valence electrons. The van der Waals surface area contributed by atoms with Crippen LogP contribution in [-0.4, -0.2) is 9.78 Å². The lowest BCUT2D eigenvalue weighted by molar-refractivity contribution is 0.495. The zero-order chi connectivity index (χ0) is 13.8. The molecule has 0 saturated carbocycles. The third-order valence-electron chi connectivity index (χ3n) is 3.27. The molecule has 0 amide bonds. The van der Waals surface area contributed by atoms with Crippen molar-refractivity contribution >= 4 is 0 Å². The molecule has 0 bridgehead atoms. The summed E-state index contributed by atoms with van der Waals surface area (Å²) in [6.45, 7) is 2.05. The Morgan fingerprint density at radius 2 is 2.16 bits per heavy atom. The van der Waals surface area contributed by atoms with E-state index in [1.807, 2.05) is 26.1 Å². The Hall–Kier alpha value is -1.72. The first kappa shape index (κ1) is 13.7. The zero-order valence-corrected chi connectivity index (χ0v) is 11.2. The van der Waals surface area contributed by atoms with E-state index in [0.29, 0.717) is 12.0 Å². The highest BCUT2D eigenvalue weighted by Gasteiger charge is 2.17. The van der Waals surface area contributed by atoms with Crippen LogP contribution in [0.25, 0.3) is 0 Å². The van der Waals surface area contributed by atoms with Crippen molar-refractivity contribution in [2.75, 3.05) is 0 Å². The Bertz CT molecular complexity index is 550. The first-order valence-electron chi connectivity index (χ1n) is 6.38. The SMILES string of the molecule is CCc1cc(C(Cc2ccccc2F)NN)n(C)n1. The lowest BCUT2D eigenvalue weighted by Crippen LogP contribution is -2.31. The van der Waals surface area contributed by atoms with Crippen LogP contribution in [-0.2, 0) is 19.9 Å². The van der Waals surface area contributed by atoms with Gasteiger partial charge in [0.1, 0.15) is 5.82 Å². The Kier molecular flexibility index (Phi) is 4.29. The molecule has 1 heterocycles. The van der Waals surface area contributed by atoms with Gasteiger partial charge in [-0.05, 0) is 30.5 Å². The molecule has 19 heavy (non-hydrogen) atoms. The van der Waals surface area contributed by atoms with E-state index in [4.69, 9.17) is 5.84 Å². The van der Waals surface area contributed by atoms with Gasteiger partial charge in [0.25, 0.3) is 0 Å². The van der Waals surface area contributed by atoms with Gasteiger partial charge in [-0.2, -0.15) is 5.10 Å². The number of benzene rings is 1. The van der Waals surface area contributed by atoms with Crippen molar-refractivity contribution in [2.24, 2.45) is 12.9 Å².